The second-order valence-corrected chi connectivity index (χ2v) is 5.54. The molecule has 1 aromatic heterocycles. The maximum absolute atomic E-state index is 12.1. The molecular weight excluding hydrogens is 308 g/mol. The lowest BCUT2D eigenvalue weighted by Gasteiger charge is -2.27. The standard InChI is InChI=1S/C18H16N2O4/c1-12(13-8-4-3-5-9-13)19(2)16-14-10-6-7-11-15(14)24-18(21)17(16)20(22)23/h3-12H,1-2H3. The lowest BCUT2D eigenvalue weighted by molar-refractivity contribution is -0.386. The van der Waals surface area contributed by atoms with Gasteiger partial charge in [0, 0.05) is 12.4 Å². The monoisotopic (exact) mass is 324 g/mol. The van der Waals surface area contributed by atoms with Crippen molar-refractivity contribution in [3.05, 3.63) is 80.7 Å². The van der Waals surface area contributed by atoms with Crippen molar-refractivity contribution in [2.75, 3.05) is 11.9 Å². The molecule has 0 saturated heterocycles. The van der Waals surface area contributed by atoms with Gasteiger partial charge in [0.1, 0.15) is 11.3 Å². The molecule has 0 radical (unpaired) electrons. The summed E-state index contributed by atoms with van der Waals surface area (Å²) in [5.41, 5.74) is 0.102. The minimum atomic E-state index is -0.944. The van der Waals surface area contributed by atoms with Crippen LogP contribution in [0.4, 0.5) is 11.4 Å². The van der Waals surface area contributed by atoms with E-state index in [0.717, 1.165) is 5.56 Å². The van der Waals surface area contributed by atoms with E-state index in [2.05, 4.69) is 0 Å². The van der Waals surface area contributed by atoms with E-state index < -0.39 is 16.2 Å². The van der Waals surface area contributed by atoms with Crippen LogP contribution in [0.15, 0.2) is 63.8 Å². The Morgan fingerprint density at radius 3 is 2.38 bits per heavy atom. The number of rotatable bonds is 4. The van der Waals surface area contributed by atoms with E-state index in [4.69, 9.17) is 4.42 Å². The molecule has 1 atom stereocenters. The molecule has 3 aromatic rings. The van der Waals surface area contributed by atoms with Gasteiger partial charge in [0.25, 0.3) is 0 Å². The first-order valence-electron chi connectivity index (χ1n) is 7.48. The summed E-state index contributed by atoms with van der Waals surface area (Å²) in [4.78, 5) is 24.7. The van der Waals surface area contributed by atoms with E-state index in [9.17, 15) is 14.9 Å². The van der Waals surface area contributed by atoms with E-state index in [0.29, 0.717) is 11.0 Å². The zero-order chi connectivity index (χ0) is 17.3. The maximum atomic E-state index is 12.1. The fourth-order valence-corrected chi connectivity index (χ4v) is 2.79. The predicted octanol–water partition coefficient (Wildman–Crippen LogP) is 3.90. The number of nitrogens with zero attached hydrogens (tertiary/aromatic N) is 2. The van der Waals surface area contributed by atoms with Crippen LogP contribution in [0.5, 0.6) is 0 Å². The van der Waals surface area contributed by atoms with Gasteiger partial charge in [-0.05, 0) is 24.6 Å². The van der Waals surface area contributed by atoms with Crippen LogP contribution in [0.25, 0.3) is 11.0 Å². The summed E-state index contributed by atoms with van der Waals surface area (Å²) in [5.74, 6) is 0. The molecular formula is C18H16N2O4. The van der Waals surface area contributed by atoms with E-state index in [1.165, 1.54) is 0 Å². The van der Waals surface area contributed by atoms with Gasteiger partial charge in [-0.1, -0.05) is 42.5 Å². The van der Waals surface area contributed by atoms with E-state index >= 15 is 0 Å². The molecule has 24 heavy (non-hydrogen) atoms. The molecule has 2 aromatic carbocycles. The van der Waals surface area contributed by atoms with Crippen LogP contribution in [-0.2, 0) is 0 Å². The van der Waals surface area contributed by atoms with Gasteiger partial charge < -0.3 is 9.32 Å². The molecule has 0 aliphatic carbocycles. The molecule has 0 bridgehead atoms. The Kier molecular flexibility index (Phi) is 4.04. The molecule has 1 unspecified atom stereocenters. The first kappa shape index (κ1) is 15.7. The van der Waals surface area contributed by atoms with Crippen molar-refractivity contribution in [2.45, 2.75) is 13.0 Å². The fraction of sp³-hybridized carbons (Fsp3) is 0.167. The molecule has 0 N–H and O–H groups in total. The second-order valence-electron chi connectivity index (χ2n) is 5.54. The highest BCUT2D eigenvalue weighted by Gasteiger charge is 2.29. The van der Waals surface area contributed by atoms with Crippen molar-refractivity contribution in [1.82, 2.24) is 0 Å². The van der Waals surface area contributed by atoms with Gasteiger partial charge >= 0.3 is 11.3 Å². The van der Waals surface area contributed by atoms with Gasteiger partial charge in [0.15, 0.2) is 0 Å². The SMILES string of the molecule is CC(c1ccccc1)N(C)c1c([N+](=O)[O-])c(=O)oc2ccccc12. The Morgan fingerprint density at radius 1 is 1.08 bits per heavy atom. The molecule has 6 nitrogen and oxygen atoms in total. The van der Waals surface area contributed by atoms with Crippen molar-refractivity contribution in [2.24, 2.45) is 0 Å². The van der Waals surface area contributed by atoms with Gasteiger partial charge in [-0.2, -0.15) is 0 Å². The third-order valence-corrected chi connectivity index (χ3v) is 4.16. The highest BCUT2D eigenvalue weighted by atomic mass is 16.6. The van der Waals surface area contributed by atoms with E-state index in [-0.39, 0.29) is 11.7 Å². The quantitative estimate of drug-likeness (QED) is 0.413. The topological polar surface area (TPSA) is 76.6 Å². The van der Waals surface area contributed by atoms with Crippen LogP contribution in [0.3, 0.4) is 0 Å². The lowest BCUT2D eigenvalue weighted by Crippen LogP contribution is -2.25. The van der Waals surface area contributed by atoms with Crippen molar-refractivity contribution in [1.29, 1.82) is 0 Å². The van der Waals surface area contributed by atoms with Gasteiger partial charge in [-0.25, -0.2) is 4.79 Å². The zero-order valence-corrected chi connectivity index (χ0v) is 13.3. The molecule has 6 heteroatoms. The largest absolute Gasteiger partial charge is 0.418 e. The molecule has 0 amide bonds. The average Bonchev–Trinajstić information content (AvgIpc) is 2.59. The smallest absolute Gasteiger partial charge is 0.417 e. The Bertz CT molecular complexity index is 950. The van der Waals surface area contributed by atoms with Crippen molar-refractivity contribution >= 4 is 22.3 Å². The number of fused-ring (bicyclic) bond motifs is 1. The summed E-state index contributed by atoms with van der Waals surface area (Å²) in [6.07, 6.45) is 0. The normalized spacial score (nSPS) is 12.1. The Hall–Kier alpha value is -3.15. The molecule has 3 rings (SSSR count). The first-order chi connectivity index (χ1) is 11.5. The molecule has 0 spiro atoms. The molecule has 0 aliphatic heterocycles. The molecule has 0 fully saturated rings. The van der Waals surface area contributed by atoms with Crippen LogP contribution in [0.1, 0.15) is 18.5 Å². The summed E-state index contributed by atoms with van der Waals surface area (Å²) < 4.78 is 5.11. The number of hydrogen-bond acceptors (Lipinski definition) is 5. The van der Waals surface area contributed by atoms with Crippen molar-refractivity contribution < 1.29 is 9.34 Å². The summed E-state index contributed by atoms with van der Waals surface area (Å²) in [5, 5.41) is 12.0. The van der Waals surface area contributed by atoms with Crippen LogP contribution in [0.2, 0.25) is 0 Å². The summed E-state index contributed by atoms with van der Waals surface area (Å²) in [6, 6.07) is 16.3. The van der Waals surface area contributed by atoms with E-state index in [1.54, 1.807) is 36.2 Å². The Balaban J connectivity index is 2.25. The van der Waals surface area contributed by atoms with Crippen LogP contribution >= 0.6 is 0 Å². The Labute approximate surface area is 138 Å². The van der Waals surface area contributed by atoms with Gasteiger partial charge in [0.05, 0.1) is 11.0 Å². The minimum absolute atomic E-state index is 0.157. The third-order valence-electron chi connectivity index (χ3n) is 4.16. The fourth-order valence-electron chi connectivity index (χ4n) is 2.79. The Morgan fingerprint density at radius 2 is 1.71 bits per heavy atom. The van der Waals surface area contributed by atoms with Crippen LogP contribution in [0, 0.1) is 10.1 Å². The van der Waals surface area contributed by atoms with Crippen molar-refractivity contribution in [3.8, 4) is 0 Å². The van der Waals surface area contributed by atoms with Gasteiger partial charge in [-0.15, -0.1) is 0 Å². The van der Waals surface area contributed by atoms with Gasteiger partial charge in [0.2, 0.25) is 0 Å². The minimum Gasteiger partial charge on any atom is -0.418 e. The third kappa shape index (κ3) is 2.62. The van der Waals surface area contributed by atoms with Crippen LogP contribution in [-0.4, -0.2) is 12.0 Å². The maximum Gasteiger partial charge on any atom is 0.417 e. The van der Waals surface area contributed by atoms with E-state index in [1.807, 2.05) is 37.3 Å². The summed E-state index contributed by atoms with van der Waals surface area (Å²) in [6.45, 7) is 1.93. The zero-order valence-electron chi connectivity index (χ0n) is 13.3. The number of hydrogen-bond donors (Lipinski definition) is 0. The lowest BCUT2D eigenvalue weighted by atomic mass is 10.1. The van der Waals surface area contributed by atoms with Gasteiger partial charge in [-0.3, -0.25) is 10.1 Å². The predicted molar refractivity (Wildman–Crippen MR) is 92.4 cm³/mol. The molecule has 0 saturated carbocycles. The number of anilines is 1. The molecule has 1 heterocycles. The first-order valence-corrected chi connectivity index (χ1v) is 7.48. The second kappa shape index (κ2) is 6.16. The highest BCUT2D eigenvalue weighted by Crippen LogP contribution is 2.36. The number of para-hydroxylation sites is 1. The average molecular weight is 324 g/mol. The molecule has 0 aliphatic rings. The molecule has 122 valence electrons. The van der Waals surface area contributed by atoms with Crippen molar-refractivity contribution in [3.63, 3.8) is 0 Å². The number of benzene rings is 2. The summed E-state index contributed by atoms with van der Waals surface area (Å²) in [7, 11) is 1.74. The van der Waals surface area contributed by atoms with Crippen LogP contribution < -0.4 is 10.5 Å². The highest BCUT2D eigenvalue weighted by molar-refractivity contribution is 5.95. The summed E-state index contributed by atoms with van der Waals surface area (Å²) >= 11 is 0. The number of nitro groups is 1.